The van der Waals surface area contributed by atoms with Crippen molar-refractivity contribution < 1.29 is 5.11 Å². The van der Waals surface area contributed by atoms with E-state index in [9.17, 15) is 5.11 Å². The summed E-state index contributed by atoms with van der Waals surface area (Å²) in [5.74, 6) is 0.923. The smallest absolute Gasteiger partial charge is 0.117 e. The molecular formula is C12H16ClNO. The molecular weight excluding hydrogens is 210 g/mol. The van der Waals surface area contributed by atoms with Gasteiger partial charge in [0.25, 0.3) is 0 Å². The Morgan fingerprint density at radius 2 is 2.33 bits per heavy atom. The van der Waals surface area contributed by atoms with Crippen molar-refractivity contribution in [1.82, 2.24) is 5.32 Å². The van der Waals surface area contributed by atoms with Crippen molar-refractivity contribution in [1.29, 1.82) is 0 Å². The van der Waals surface area contributed by atoms with Gasteiger partial charge in [0.15, 0.2) is 0 Å². The summed E-state index contributed by atoms with van der Waals surface area (Å²) in [4.78, 5) is 0. The highest BCUT2D eigenvalue weighted by Crippen LogP contribution is 2.25. The highest BCUT2D eigenvalue weighted by atomic mass is 35.5. The molecule has 1 aliphatic heterocycles. The van der Waals surface area contributed by atoms with E-state index in [0.29, 0.717) is 10.9 Å². The molecule has 2 nitrogen and oxygen atoms in total. The van der Waals surface area contributed by atoms with Crippen LogP contribution >= 0.6 is 11.6 Å². The molecule has 1 saturated heterocycles. The summed E-state index contributed by atoms with van der Waals surface area (Å²) in [6, 6.07) is 5.25. The number of piperidine rings is 1. The van der Waals surface area contributed by atoms with Gasteiger partial charge >= 0.3 is 0 Å². The van der Waals surface area contributed by atoms with Crippen molar-refractivity contribution in [2.24, 2.45) is 5.92 Å². The predicted molar refractivity (Wildman–Crippen MR) is 62.4 cm³/mol. The molecule has 82 valence electrons. The third-order valence-corrected chi connectivity index (χ3v) is 3.30. The average Bonchev–Trinajstić information content (AvgIpc) is 2.24. The predicted octanol–water partition coefficient (Wildman–Crippen LogP) is 2.59. The molecule has 1 aromatic carbocycles. The maximum absolute atomic E-state index is 9.25. The lowest BCUT2D eigenvalue weighted by Crippen LogP contribution is -2.30. The number of phenolic OH excluding ortho intramolecular Hbond substituents is 1. The van der Waals surface area contributed by atoms with Gasteiger partial charge in [0.05, 0.1) is 0 Å². The first-order valence-corrected chi connectivity index (χ1v) is 5.81. The van der Waals surface area contributed by atoms with Gasteiger partial charge in [0.1, 0.15) is 5.75 Å². The molecule has 2 rings (SSSR count). The zero-order valence-electron chi connectivity index (χ0n) is 8.67. The molecule has 0 bridgehead atoms. The average molecular weight is 226 g/mol. The van der Waals surface area contributed by atoms with Crippen molar-refractivity contribution in [3.63, 3.8) is 0 Å². The second kappa shape index (κ2) is 4.86. The Morgan fingerprint density at radius 1 is 1.47 bits per heavy atom. The zero-order chi connectivity index (χ0) is 10.7. The fourth-order valence-corrected chi connectivity index (χ4v) is 2.36. The zero-order valence-corrected chi connectivity index (χ0v) is 9.43. The molecule has 1 fully saturated rings. The number of phenols is 1. The molecule has 1 heterocycles. The van der Waals surface area contributed by atoms with Gasteiger partial charge < -0.3 is 10.4 Å². The van der Waals surface area contributed by atoms with Gasteiger partial charge in [-0.05, 0) is 56.0 Å². The summed E-state index contributed by atoms with van der Waals surface area (Å²) in [5.41, 5.74) is 1.14. The van der Waals surface area contributed by atoms with Crippen LogP contribution in [-0.4, -0.2) is 18.2 Å². The second-order valence-corrected chi connectivity index (χ2v) is 4.60. The van der Waals surface area contributed by atoms with Crippen molar-refractivity contribution in [3.8, 4) is 5.75 Å². The molecule has 1 unspecified atom stereocenters. The van der Waals surface area contributed by atoms with E-state index in [1.165, 1.54) is 12.8 Å². The molecule has 1 aliphatic rings. The van der Waals surface area contributed by atoms with Crippen molar-refractivity contribution in [3.05, 3.63) is 28.8 Å². The van der Waals surface area contributed by atoms with E-state index in [2.05, 4.69) is 5.32 Å². The van der Waals surface area contributed by atoms with Gasteiger partial charge in [0, 0.05) is 5.02 Å². The fraction of sp³-hybridized carbons (Fsp3) is 0.500. The maximum atomic E-state index is 9.25. The number of aromatic hydroxyl groups is 1. The lowest BCUT2D eigenvalue weighted by Gasteiger charge is -2.23. The van der Waals surface area contributed by atoms with E-state index >= 15 is 0 Å². The minimum atomic E-state index is 0.241. The number of nitrogens with one attached hydrogen (secondary N) is 1. The lowest BCUT2D eigenvalue weighted by molar-refractivity contribution is 0.376. The molecule has 0 saturated carbocycles. The largest absolute Gasteiger partial charge is 0.508 e. The number of hydrogen-bond acceptors (Lipinski definition) is 2. The third kappa shape index (κ3) is 2.86. The highest BCUT2D eigenvalue weighted by Gasteiger charge is 2.14. The first-order chi connectivity index (χ1) is 7.25. The molecule has 1 atom stereocenters. The van der Waals surface area contributed by atoms with Gasteiger partial charge in [-0.3, -0.25) is 0 Å². The van der Waals surface area contributed by atoms with Crippen LogP contribution in [0.25, 0.3) is 0 Å². The molecule has 0 spiro atoms. The van der Waals surface area contributed by atoms with Crippen LogP contribution < -0.4 is 5.32 Å². The van der Waals surface area contributed by atoms with Crippen LogP contribution in [-0.2, 0) is 6.42 Å². The Hall–Kier alpha value is -0.730. The number of halogens is 1. The van der Waals surface area contributed by atoms with E-state index in [4.69, 9.17) is 11.6 Å². The van der Waals surface area contributed by atoms with Gasteiger partial charge in [-0.15, -0.1) is 0 Å². The van der Waals surface area contributed by atoms with Crippen LogP contribution in [0.3, 0.4) is 0 Å². The van der Waals surface area contributed by atoms with E-state index in [-0.39, 0.29) is 5.75 Å². The number of hydrogen-bond donors (Lipinski definition) is 2. The van der Waals surface area contributed by atoms with Gasteiger partial charge in [0.2, 0.25) is 0 Å². The molecule has 1 aromatic rings. The van der Waals surface area contributed by atoms with E-state index in [0.717, 1.165) is 25.1 Å². The normalized spacial score (nSPS) is 21.5. The molecule has 0 aliphatic carbocycles. The van der Waals surface area contributed by atoms with Gasteiger partial charge in [-0.1, -0.05) is 17.7 Å². The molecule has 0 radical (unpaired) electrons. The topological polar surface area (TPSA) is 32.3 Å². The monoisotopic (exact) mass is 225 g/mol. The van der Waals surface area contributed by atoms with Gasteiger partial charge in [-0.2, -0.15) is 0 Å². The van der Waals surface area contributed by atoms with Crippen molar-refractivity contribution in [2.45, 2.75) is 19.3 Å². The second-order valence-electron chi connectivity index (χ2n) is 4.19. The van der Waals surface area contributed by atoms with Crippen LogP contribution in [0, 0.1) is 5.92 Å². The van der Waals surface area contributed by atoms with Crippen LogP contribution in [0.5, 0.6) is 5.75 Å². The number of rotatable bonds is 2. The van der Waals surface area contributed by atoms with Crippen molar-refractivity contribution in [2.75, 3.05) is 13.1 Å². The maximum Gasteiger partial charge on any atom is 0.117 e. The first kappa shape index (κ1) is 10.8. The standard InChI is InChI=1S/C12H16ClNO/c13-12-7-11(15)4-3-10(12)6-9-2-1-5-14-8-9/h3-4,7,9,14-15H,1-2,5-6,8H2. The summed E-state index contributed by atoms with van der Waals surface area (Å²) in [7, 11) is 0. The minimum absolute atomic E-state index is 0.241. The van der Waals surface area contributed by atoms with Crippen LogP contribution in [0.15, 0.2) is 18.2 Å². The summed E-state index contributed by atoms with van der Waals surface area (Å²) in [6.07, 6.45) is 3.52. The van der Waals surface area contributed by atoms with Crippen molar-refractivity contribution >= 4 is 11.6 Å². The summed E-state index contributed by atoms with van der Waals surface area (Å²) < 4.78 is 0. The fourth-order valence-electron chi connectivity index (χ4n) is 2.11. The van der Waals surface area contributed by atoms with Gasteiger partial charge in [-0.25, -0.2) is 0 Å². The molecule has 0 aromatic heterocycles. The Kier molecular flexibility index (Phi) is 3.49. The molecule has 3 heteroatoms. The first-order valence-electron chi connectivity index (χ1n) is 5.44. The number of benzene rings is 1. The Morgan fingerprint density at radius 3 is 3.00 bits per heavy atom. The highest BCUT2D eigenvalue weighted by molar-refractivity contribution is 6.31. The Labute approximate surface area is 95.3 Å². The van der Waals surface area contributed by atoms with Crippen LogP contribution in [0.1, 0.15) is 18.4 Å². The summed E-state index contributed by atoms with van der Waals surface area (Å²) >= 11 is 6.07. The molecule has 15 heavy (non-hydrogen) atoms. The Bertz CT molecular complexity index is 334. The Balaban J connectivity index is 2.03. The summed E-state index contributed by atoms with van der Waals surface area (Å²) in [5, 5.41) is 13.3. The van der Waals surface area contributed by atoms with E-state index in [1.54, 1.807) is 12.1 Å². The van der Waals surface area contributed by atoms with Crippen LogP contribution in [0.2, 0.25) is 5.02 Å². The SMILES string of the molecule is Oc1ccc(CC2CCCNC2)c(Cl)c1. The van der Waals surface area contributed by atoms with E-state index < -0.39 is 0 Å². The van der Waals surface area contributed by atoms with Crippen LogP contribution in [0.4, 0.5) is 0 Å². The minimum Gasteiger partial charge on any atom is -0.508 e. The summed E-state index contributed by atoms with van der Waals surface area (Å²) in [6.45, 7) is 2.22. The van der Waals surface area contributed by atoms with E-state index in [1.807, 2.05) is 6.07 Å². The third-order valence-electron chi connectivity index (χ3n) is 2.94. The quantitative estimate of drug-likeness (QED) is 0.811. The lowest BCUT2D eigenvalue weighted by atomic mass is 9.92. The molecule has 0 amide bonds. The molecule has 2 N–H and O–H groups in total.